The lowest BCUT2D eigenvalue weighted by atomic mass is 10.0. The molecule has 0 saturated heterocycles. The molecular weight excluding hydrogens is 454 g/mol. The van der Waals surface area contributed by atoms with Gasteiger partial charge in [-0.1, -0.05) is 32.4 Å². The zero-order valence-electron chi connectivity index (χ0n) is 20.4. The Morgan fingerprint density at radius 2 is 1.76 bits per heavy atom. The van der Waals surface area contributed by atoms with Crippen molar-refractivity contribution in [2.75, 3.05) is 40.0 Å². The average Bonchev–Trinajstić information content (AvgIpc) is 3.37. The summed E-state index contributed by atoms with van der Waals surface area (Å²) in [5, 5.41) is 4.18. The van der Waals surface area contributed by atoms with E-state index < -0.39 is 0 Å². The Morgan fingerprint density at radius 3 is 2.35 bits per heavy atom. The van der Waals surface area contributed by atoms with Crippen molar-refractivity contribution in [1.29, 1.82) is 0 Å². The largest absolute Gasteiger partial charge is 0.493 e. The van der Waals surface area contributed by atoms with Crippen LogP contribution in [0.2, 0.25) is 0 Å². The van der Waals surface area contributed by atoms with E-state index in [-0.39, 0.29) is 6.03 Å². The van der Waals surface area contributed by atoms with Crippen molar-refractivity contribution in [2.45, 2.75) is 20.3 Å². The molecule has 0 bridgehead atoms. The van der Waals surface area contributed by atoms with Gasteiger partial charge in [0.2, 0.25) is 5.75 Å². The van der Waals surface area contributed by atoms with Crippen LogP contribution in [0.4, 0.5) is 10.5 Å². The fourth-order valence-corrected chi connectivity index (χ4v) is 4.20. The third-order valence-corrected chi connectivity index (χ3v) is 6.40. The summed E-state index contributed by atoms with van der Waals surface area (Å²) >= 11 is 1.36. The van der Waals surface area contributed by atoms with E-state index in [4.69, 9.17) is 19.0 Å². The predicted octanol–water partition coefficient (Wildman–Crippen LogP) is 5.63. The maximum Gasteiger partial charge on any atom is 0.346 e. The highest BCUT2D eigenvalue weighted by Crippen LogP contribution is 2.44. The summed E-state index contributed by atoms with van der Waals surface area (Å²) in [6.45, 7) is 4.76. The van der Waals surface area contributed by atoms with Crippen LogP contribution in [-0.4, -0.2) is 45.4 Å². The van der Waals surface area contributed by atoms with Gasteiger partial charge in [-0.05, 0) is 47.3 Å². The number of carbonyl (C=O) groups excluding carboxylic acids is 1. The minimum atomic E-state index is -0.312. The van der Waals surface area contributed by atoms with Crippen LogP contribution in [-0.2, 0) is 4.84 Å². The fourth-order valence-electron chi connectivity index (χ4n) is 3.45. The Kier molecular flexibility index (Phi) is 8.72. The number of hydrogen-bond donors (Lipinski definition) is 1. The van der Waals surface area contributed by atoms with Crippen molar-refractivity contribution < 1.29 is 23.8 Å². The summed E-state index contributed by atoms with van der Waals surface area (Å²) < 4.78 is 20.9. The molecule has 0 saturated carbocycles. The van der Waals surface area contributed by atoms with E-state index in [0.29, 0.717) is 35.4 Å². The summed E-state index contributed by atoms with van der Waals surface area (Å²) in [7, 11) is 6.22. The zero-order valence-corrected chi connectivity index (χ0v) is 21.2. The Balaban J connectivity index is 1.97. The lowest BCUT2D eigenvalue weighted by molar-refractivity contribution is 0.162. The van der Waals surface area contributed by atoms with Crippen LogP contribution in [0.15, 0.2) is 42.6 Å². The first kappa shape index (κ1) is 25.3. The van der Waals surface area contributed by atoms with E-state index in [9.17, 15) is 4.79 Å². The Bertz CT molecular complexity index is 1090. The van der Waals surface area contributed by atoms with Crippen LogP contribution in [0.1, 0.15) is 20.3 Å². The van der Waals surface area contributed by atoms with E-state index in [1.54, 1.807) is 21.3 Å². The topological polar surface area (TPSA) is 82.2 Å². The number of carbonyl (C=O) groups is 1. The van der Waals surface area contributed by atoms with Gasteiger partial charge in [0.05, 0.1) is 39.0 Å². The van der Waals surface area contributed by atoms with Gasteiger partial charge < -0.3 is 19.5 Å². The monoisotopic (exact) mass is 485 g/mol. The Morgan fingerprint density at radius 1 is 1.06 bits per heavy atom. The molecule has 2 amide bonds. The fraction of sp³-hybridized carbons (Fsp3) is 0.360. The summed E-state index contributed by atoms with van der Waals surface area (Å²) in [6, 6.07) is 11.1. The third-order valence-electron chi connectivity index (χ3n) is 5.55. The summed E-state index contributed by atoms with van der Waals surface area (Å²) in [5.41, 5.74) is 3.31. The van der Waals surface area contributed by atoms with Crippen LogP contribution in [0.25, 0.3) is 21.6 Å². The number of hydrogen-bond acceptors (Lipinski definition) is 7. The van der Waals surface area contributed by atoms with Crippen molar-refractivity contribution in [1.82, 2.24) is 9.69 Å². The molecule has 0 fully saturated rings. The second-order valence-corrected chi connectivity index (χ2v) is 8.51. The number of amides is 2. The van der Waals surface area contributed by atoms with E-state index in [1.807, 2.05) is 42.6 Å². The van der Waals surface area contributed by atoms with Gasteiger partial charge in [0.15, 0.2) is 11.5 Å². The number of benzene rings is 2. The van der Waals surface area contributed by atoms with Crippen LogP contribution < -0.4 is 24.6 Å². The van der Waals surface area contributed by atoms with E-state index in [2.05, 4.69) is 23.5 Å². The minimum Gasteiger partial charge on any atom is -0.493 e. The maximum absolute atomic E-state index is 12.7. The van der Waals surface area contributed by atoms with Crippen LogP contribution >= 0.6 is 11.5 Å². The van der Waals surface area contributed by atoms with E-state index in [1.165, 1.54) is 23.7 Å². The minimum absolute atomic E-state index is 0.312. The molecule has 0 aliphatic heterocycles. The van der Waals surface area contributed by atoms with Crippen molar-refractivity contribution in [3.8, 4) is 38.8 Å². The molecule has 1 heterocycles. The molecule has 1 atom stereocenters. The third kappa shape index (κ3) is 5.43. The first-order valence-electron chi connectivity index (χ1n) is 10.9. The average molecular weight is 486 g/mol. The van der Waals surface area contributed by atoms with Crippen molar-refractivity contribution in [2.24, 2.45) is 5.92 Å². The Labute approximate surface area is 204 Å². The number of aromatic nitrogens is 1. The number of ether oxygens (including phenoxy) is 3. The van der Waals surface area contributed by atoms with Crippen molar-refractivity contribution in [3.63, 3.8) is 0 Å². The van der Waals surface area contributed by atoms with Crippen LogP contribution in [0, 0.1) is 5.92 Å². The molecular formula is C25H31N3O5S. The molecule has 3 rings (SSSR count). The molecule has 9 heteroatoms. The molecule has 0 aliphatic rings. The molecule has 182 valence electrons. The quantitative estimate of drug-likeness (QED) is 0.375. The molecule has 3 aromatic rings. The number of rotatable bonds is 10. The second-order valence-electron chi connectivity index (χ2n) is 7.71. The molecule has 0 radical (unpaired) electrons. The predicted molar refractivity (Wildman–Crippen MR) is 135 cm³/mol. The second kappa shape index (κ2) is 11.7. The number of anilines is 1. The lowest BCUT2D eigenvalue weighted by Gasteiger charge is -2.22. The van der Waals surface area contributed by atoms with Crippen LogP contribution in [0.5, 0.6) is 17.2 Å². The standard InChI is InChI=1S/C25H31N3O5S/c1-7-16(2)14-26-25(29)28(33-6)19-10-8-9-17(11-19)20-15-27-34-24(20)18-12-21(30-3)23(32-5)22(13-18)31-4/h8-13,15-16H,7,14H2,1-6H3,(H,26,29). The number of hydroxylamine groups is 1. The molecule has 34 heavy (non-hydrogen) atoms. The van der Waals surface area contributed by atoms with Gasteiger partial charge in [-0.25, -0.2) is 4.79 Å². The van der Waals surface area contributed by atoms with Crippen molar-refractivity contribution in [3.05, 3.63) is 42.6 Å². The smallest absolute Gasteiger partial charge is 0.346 e. The van der Waals surface area contributed by atoms with Crippen molar-refractivity contribution >= 4 is 23.3 Å². The number of nitrogens with one attached hydrogen (secondary N) is 1. The highest BCUT2D eigenvalue weighted by molar-refractivity contribution is 7.10. The molecule has 1 N–H and O–H groups in total. The molecule has 8 nitrogen and oxygen atoms in total. The highest BCUT2D eigenvalue weighted by atomic mass is 32.1. The van der Waals surface area contributed by atoms with Gasteiger partial charge in [-0.3, -0.25) is 4.84 Å². The summed E-state index contributed by atoms with van der Waals surface area (Å²) in [5.74, 6) is 2.04. The number of nitrogens with zero attached hydrogens (tertiary/aromatic N) is 2. The van der Waals surface area contributed by atoms with Crippen LogP contribution in [0.3, 0.4) is 0 Å². The van der Waals surface area contributed by atoms with Gasteiger partial charge >= 0.3 is 6.03 Å². The number of methoxy groups -OCH3 is 3. The first-order chi connectivity index (χ1) is 16.5. The van der Waals surface area contributed by atoms with Gasteiger partial charge in [0.1, 0.15) is 0 Å². The van der Waals surface area contributed by atoms with Gasteiger partial charge in [0.25, 0.3) is 0 Å². The Hall–Kier alpha value is -3.30. The molecule has 0 spiro atoms. The maximum atomic E-state index is 12.7. The number of urea groups is 1. The molecule has 1 unspecified atom stereocenters. The summed E-state index contributed by atoms with van der Waals surface area (Å²) in [4.78, 5) is 19.1. The molecule has 0 aliphatic carbocycles. The lowest BCUT2D eigenvalue weighted by Crippen LogP contribution is -2.41. The normalized spacial score (nSPS) is 11.6. The van der Waals surface area contributed by atoms with E-state index in [0.717, 1.165) is 28.0 Å². The van der Waals surface area contributed by atoms with E-state index >= 15 is 0 Å². The van der Waals surface area contributed by atoms with Gasteiger partial charge in [-0.15, -0.1) is 0 Å². The molecule has 1 aromatic heterocycles. The van der Waals surface area contributed by atoms with Gasteiger partial charge in [-0.2, -0.15) is 9.44 Å². The SMILES string of the molecule is CCC(C)CNC(=O)N(OC)c1cccc(-c2cnsc2-c2cc(OC)c(OC)c(OC)c2)c1. The summed E-state index contributed by atoms with van der Waals surface area (Å²) in [6.07, 6.45) is 2.79. The molecule has 2 aromatic carbocycles. The zero-order chi connectivity index (χ0) is 24.7. The van der Waals surface area contributed by atoms with Gasteiger partial charge in [0, 0.05) is 23.9 Å². The first-order valence-corrected chi connectivity index (χ1v) is 11.7. The highest BCUT2D eigenvalue weighted by Gasteiger charge is 2.20.